The van der Waals surface area contributed by atoms with E-state index in [1.165, 1.54) is 24.8 Å². The van der Waals surface area contributed by atoms with Crippen LogP contribution in [-0.4, -0.2) is 47.6 Å². The number of fused-ring (bicyclic) bond motifs is 1. The average Bonchev–Trinajstić information content (AvgIpc) is 3.03. The lowest BCUT2D eigenvalue weighted by Crippen LogP contribution is -2.46. The Kier molecular flexibility index (Phi) is 9.69. The van der Waals surface area contributed by atoms with Gasteiger partial charge in [-0.25, -0.2) is 4.98 Å². The van der Waals surface area contributed by atoms with Gasteiger partial charge < -0.3 is 20.5 Å². The number of carbonyl (C=O) groups is 1. The van der Waals surface area contributed by atoms with E-state index in [0.29, 0.717) is 12.0 Å². The average molecular weight is 512 g/mol. The van der Waals surface area contributed by atoms with Gasteiger partial charge in [0.1, 0.15) is 5.82 Å². The van der Waals surface area contributed by atoms with Gasteiger partial charge in [0.05, 0.1) is 17.6 Å². The minimum absolute atomic E-state index is 0. The molecule has 7 nitrogen and oxygen atoms in total. The number of guanidine groups is 1. The van der Waals surface area contributed by atoms with Gasteiger partial charge in [-0.3, -0.25) is 9.79 Å². The van der Waals surface area contributed by atoms with Crippen LogP contribution in [0.15, 0.2) is 29.3 Å². The molecule has 0 radical (unpaired) electrons. The molecule has 0 unspecified atom stereocenters. The van der Waals surface area contributed by atoms with Gasteiger partial charge in [0.25, 0.3) is 0 Å². The van der Waals surface area contributed by atoms with Gasteiger partial charge in [-0.15, -0.1) is 24.0 Å². The van der Waals surface area contributed by atoms with E-state index < -0.39 is 0 Å². The SMILES string of the molecule is CN=C(NCCCn1c(C)nc2ccccc21)NCC(=O)NC1CCCCC1.I. The minimum Gasteiger partial charge on any atom is -0.356 e. The number of halogens is 1. The summed E-state index contributed by atoms with van der Waals surface area (Å²) in [5.74, 6) is 1.73. The van der Waals surface area contributed by atoms with E-state index in [1.54, 1.807) is 7.05 Å². The van der Waals surface area contributed by atoms with Gasteiger partial charge in [0.2, 0.25) is 5.91 Å². The van der Waals surface area contributed by atoms with Crippen LogP contribution in [0, 0.1) is 6.92 Å². The Morgan fingerprint density at radius 2 is 1.97 bits per heavy atom. The molecule has 1 aromatic carbocycles. The molecule has 2 aromatic rings. The third-order valence-corrected chi connectivity index (χ3v) is 5.31. The zero-order valence-electron chi connectivity index (χ0n) is 17.4. The van der Waals surface area contributed by atoms with E-state index in [4.69, 9.17) is 0 Å². The van der Waals surface area contributed by atoms with E-state index >= 15 is 0 Å². The zero-order valence-corrected chi connectivity index (χ0v) is 19.7. The summed E-state index contributed by atoms with van der Waals surface area (Å²) in [5, 5.41) is 9.50. The molecule has 0 spiro atoms. The molecule has 0 bridgehead atoms. The summed E-state index contributed by atoms with van der Waals surface area (Å²) in [5.41, 5.74) is 2.20. The first-order valence-electron chi connectivity index (χ1n) is 10.3. The van der Waals surface area contributed by atoms with Crippen molar-refractivity contribution in [2.24, 2.45) is 4.99 Å². The molecule has 3 rings (SSSR count). The molecule has 0 aliphatic heterocycles. The van der Waals surface area contributed by atoms with Crippen LogP contribution in [-0.2, 0) is 11.3 Å². The molecule has 1 amide bonds. The van der Waals surface area contributed by atoms with E-state index in [1.807, 2.05) is 25.1 Å². The maximum atomic E-state index is 12.1. The number of aromatic nitrogens is 2. The molecule has 160 valence electrons. The molecule has 1 aliphatic carbocycles. The van der Waals surface area contributed by atoms with Gasteiger partial charge in [0.15, 0.2) is 5.96 Å². The summed E-state index contributed by atoms with van der Waals surface area (Å²) in [6.45, 7) is 3.95. The van der Waals surface area contributed by atoms with Crippen molar-refractivity contribution in [2.75, 3.05) is 20.1 Å². The van der Waals surface area contributed by atoms with E-state index in [9.17, 15) is 4.79 Å². The maximum absolute atomic E-state index is 12.1. The van der Waals surface area contributed by atoms with Crippen molar-refractivity contribution >= 4 is 46.9 Å². The zero-order chi connectivity index (χ0) is 19.8. The summed E-state index contributed by atoms with van der Waals surface area (Å²) in [6.07, 6.45) is 6.86. The molecule has 29 heavy (non-hydrogen) atoms. The monoisotopic (exact) mass is 512 g/mol. The fourth-order valence-corrected chi connectivity index (χ4v) is 3.83. The number of amides is 1. The van der Waals surface area contributed by atoms with E-state index in [0.717, 1.165) is 43.7 Å². The fourth-order valence-electron chi connectivity index (χ4n) is 3.83. The molecule has 8 heteroatoms. The van der Waals surface area contributed by atoms with Crippen LogP contribution >= 0.6 is 24.0 Å². The molecular weight excluding hydrogens is 479 g/mol. The summed E-state index contributed by atoms with van der Waals surface area (Å²) < 4.78 is 2.24. The molecule has 1 saturated carbocycles. The second-order valence-electron chi connectivity index (χ2n) is 7.41. The lowest BCUT2D eigenvalue weighted by atomic mass is 9.95. The number of nitrogens with one attached hydrogen (secondary N) is 3. The molecular formula is C21H33IN6O. The Balaban J connectivity index is 0.00000300. The molecule has 1 aromatic heterocycles. The van der Waals surface area contributed by atoms with Gasteiger partial charge in [-0.2, -0.15) is 0 Å². The highest BCUT2D eigenvalue weighted by Crippen LogP contribution is 2.17. The van der Waals surface area contributed by atoms with Crippen LogP contribution in [0.4, 0.5) is 0 Å². The fraction of sp³-hybridized carbons (Fsp3) is 0.571. The number of benzene rings is 1. The standard InChI is InChI=1S/C21H32N6O.HI/c1-16-25-18-11-6-7-12-19(18)27(16)14-8-13-23-21(22-2)24-15-20(28)26-17-9-4-3-5-10-17;/h6-7,11-12,17H,3-5,8-10,13-15H2,1-2H3,(H,26,28)(H2,22,23,24);1H. The van der Waals surface area contributed by atoms with Crippen molar-refractivity contribution in [3.05, 3.63) is 30.1 Å². The van der Waals surface area contributed by atoms with Crippen molar-refractivity contribution < 1.29 is 4.79 Å². The van der Waals surface area contributed by atoms with Gasteiger partial charge in [0, 0.05) is 26.2 Å². The van der Waals surface area contributed by atoms with Crippen molar-refractivity contribution in [1.29, 1.82) is 0 Å². The highest BCUT2D eigenvalue weighted by atomic mass is 127. The lowest BCUT2D eigenvalue weighted by molar-refractivity contribution is -0.120. The predicted octanol–water partition coefficient (Wildman–Crippen LogP) is 2.97. The van der Waals surface area contributed by atoms with E-state index in [2.05, 4.69) is 36.6 Å². The van der Waals surface area contributed by atoms with Crippen LogP contribution in [0.25, 0.3) is 11.0 Å². The predicted molar refractivity (Wildman–Crippen MR) is 129 cm³/mol. The van der Waals surface area contributed by atoms with Gasteiger partial charge >= 0.3 is 0 Å². The number of imidazole rings is 1. The van der Waals surface area contributed by atoms with Gasteiger partial charge in [-0.1, -0.05) is 31.4 Å². The number of carbonyl (C=O) groups excluding carboxylic acids is 1. The largest absolute Gasteiger partial charge is 0.356 e. The van der Waals surface area contributed by atoms with Gasteiger partial charge in [-0.05, 0) is 38.3 Å². The third-order valence-electron chi connectivity index (χ3n) is 5.31. The molecule has 0 saturated heterocycles. The van der Waals surface area contributed by atoms with Crippen molar-refractivity contribution in [1.82, 2.24) is 25.5 Å². The Hall–Kier alpha value is -1.84. The number of rotatable bonds is 7. The molecule has 1 aliphatic rings. The normalized spacial score (nSPS) is 15.0. The van der Waals surface area contributed by atoms with Crippen LogP contribution in [0.1, 0.15) is 44.3 Å². The summed E-state index contributed by atoms with van der Waals surface area (Å²) >= 11 is 0. The maximum Gasteiger partial charge on any atom is 0.239 e. The summed E-state index contributed by atoms with van der Waals surface area (Å²) in [6, 6.07) is 8.55. The highest BCUT2D eigenvalue weighted by molar-refractivity contribution is 14.0. The van der Waals surface area contributed by atoms with Crippen LogP contribution in [0.3, 0.4) is 0 Å². The number of aliphatic imine (C=N–C) groups is 1. The van der Waals surface area contributed by atoms with Crippen molar-refractivity contribution in [3.8, 4) is 0 Å². The highest BCUT2D eigenvalue weighted by Gasteiger charge is 2.15. The Labute approximate surface area is 190 Å². The summed E-state index contributed by atoms with van der Waals surface area (Å²) in [4.78, 5) is 20.9. The Morgan fingerprint density at radius 3 is 2.72 bits per heavy atom. The smallest absolute Gasteiger partial charge is 0.239 e. The number of hydrogen-bond donors (Lipinski definition) is 3. The molecule has 0 atom stereocenters. The molecule has 1 fully saturated rings. The molecule has 1 heterocycles. The number of hydrogen-bond acceptors (Lipinski definition) is 3. The van der Waals surface area contributed by atoms with Crippen LogP contribution in [0.5, 0.6) is 0 Å². The third kappa shape index (κ3) is 6.87. The number of para-hydroxylation sites is 2. The minimum atomic E-state index is 0. The first-order chi connectivity index (χ1) is 13.7. The van der Waals surface area contributed by atoms with Crippen molar-refractivity contribution in [2.45, 2.75) is 58.0 Å². The van der Waals surface area contributed by atoms with Crippen LogP contribution in [0.2, 0.25) is 0 Å². The first-order valence-corrected chi connectivity index (χ1v) is 10.3. The Morgan fingerprint density at radius 1 is 1.21 bits per heavy atom. The van der Waals surface area contributed by atoms with Crippen LogP contribution < -0.4 is 16.0 Å². The Bertz CT molecular complexity index is 813. The summed E-state index contributed by atoms with van der Waals surface area (Å²) in [7, 11) is 1.72. The second kappa shape index (κ2) is 12.0. The lowest BCUT2D eigenvalue weighted by Gasteiger charge is -2.23. The number of nitrogens with zero attached hydrogens (tertiary/aromatic N) is 3. The van der Waals surface area contributed by atoms with Crippen molar-refractivity contribution in [3.63, 3.8) is 0 Å². The number of aryl methyl sites for hydroxylation is 2. The first kappa shape index (κ1) is 23.4. The second-order valence-corrected chi connectivity index (χ2v) is 7.41. The quantitative estimate of drug-likeness (QED) is 0.231. The topological polar surface area (TPSA) is 83.3 Å². The van der Waals surface area contributed by atoms with E-state index in [-0.39, 0.29) is 36.4 Å². The molecule has 3 N–H and O–H groups in total.